The van der Waals surface area contributed by atoms with Gasteiger partial charge in [-0.3, -0.25) is 4.98 Å². The lowest BCUT2D eigenvalue weighted by Crippen LogP contribution is -2.03. The monoisotopic (exact) mass is 276 g/mol. The summed E-state index contributed by atoms with van der Waals surface area (Å²) in [5, 5.41) is 3.81. The molecule has 1 N–H and O–H groups in total. The highest BCUT2D eigenvalue weighted by atomic mass is 35.5. The largest absolute Gasteiger partial charge is 0.465 e. The van der Waals surface area contributed by atoms with Gasteiger partial charge in [0.2, 0.25) is 0 Å². The highest BCUT2D eigenvalue weighted by Gasteiger charge is 2.04. The number of anilines is 1. The molecule has 0 aliphatic rings. The molecule has 0 amide bonds. The summed E-state index contributed by atoms with van der Waals surface area (Å²) in [6.45, 7) is 0.604. The lowest BCUT2D eigenvalue weighted by Gasteiger charge is -2.08. The van der Waals surface area contributed by atoms with Gasteiger partial charge in [0.15, 0.2) is 0 Å². The lowest BCUT2D eigenvalue weighted by atomic mass is 10.1. The second-order valence-electron chi connectivity index (χ2n) is 3.90. The molecule has 5 heteroatoms. The van der Waals surface area contributed by atoms with Gasteiger partial charge in [-0.1, -0.05) is 23.7 Å². The topological polar surface area (TPSA) is 51.2 Å². The minimum atomic E-state index is -0.338. The van der Waals surface area contributed by atoms with Gasteiger partial charge in [0, 0.05) is 12.7 Å². The summed E-state index contributed by atoms with van der Waals surface area (Å²) in [6, 6.07) is 8.92. The molecule has 98 valence electrons. The molecule has 0 aliphatic carbocycles. The third-order valence-electron chi connectivity index (χ3n) is 2.63. The molecule has 1 aromatic carbocycles. The first-order valence-electron chi connectivity index (χ1n) is 5.71. The molecule has 0 fully saturated rings. The van der Waals surface area contributed by atoms with Crippen LogP contribution in [0.15, 0.2) is 42.7 Å². The van der Waals surface area contributed by atoms with Gasteiger partial charge in [-0.05, 0) is 23.8 Å². The van der Waals surface area contributed by atoms with Crippen molar-refractivity contribution in [1.82, 2.24) is 4.98 Å². The minimum Gasteiger partial charge on any atom is -0.465 e. The van der Waals surface area contributed by atoms with Crippen LogP contribution in [0.2, 0.25) is 5.02 Å². The van der Waals surface area contributed by atoms with E-state index < -0.39 is 0 Å². The molecule has 0 bridgehead atoms. The third-order valence-corrected chi connectivity index (χ3v) is 2.96. The molecular weight excluding hydrogens is 264 g/mol. The number of esters is 1. The van der Waals surface area contributed by atoms with E-state index in [1.54, 1.807) is 30.6 Å². The van der Waals surface area contributed by atoms with Crippen molar-refractivity contribution in [2.45, 2.75) is 6.54 Å². The van der Waals surface area contributed by atoms with Crippen LogP contribution in [0.25, 0.3) is 0 Å². The maximum Gasteiger partial charge on any atom is 0.337 e. The summed E-state index contributed by atoms with van der Waals surface area (Å²) in [5.41, 5.74) is 2.35. The standard InChI is InChI=1S/C14H13ClN2O2/c1-19-14(18)11-4-2-10(3-5-11)8-17-13-9-16-7-6-12(13)15/h2-7,9,17H,8H2,1H3. The Morgan fingerprint density at radius 2 is 2.05 bits per heavy atom. The van der Waals surface area contributed by atoms with Crippen molar-refractivity contribution in [1.29, 1.82) is 0 Å². The quantitative estimate of drug-likeness (QED) is 0.872. The van der Waals surface area contributed by atoms with Gasteiger partial charge in [0.1, 0.15) is 0 Å². The van der Waals surface area contributed by atoms with Gasteiger partial charge in [0.25, 0.3) is 0 Å². The number of pyridine rings is 1. The molecule has 19 heavy (non-hydrogen) atoms. The number of hydrogen-bond donors (Lipinski definition) is 1. The predicted octanol–water partition coefficient (Wildman–Crippen LogP) is 3.13. The van der Waals surface area contributed by atoms with Crippen LogP contribution in [0.5, 0.6) is 0 Å². The summed E-state index contributed by atoms with van der Waals surface area (Å²) in [6.07, 6.45) is 3.31. The Morgan fingerprint density at radius 3 is 2.68 bits per heavy atom. The van der Waals surface area contributed by atoms with Crippen molar-refractivity contribution in [2.24, 2.45) is 0 Å². The number of nitrogens with one attached hydrogen (secondary N) is 1. The molecule has 0 unspecified atom stereocenters. The number of aromatic nitrogens is 1. The highest BCUT2D eigenvalue weighted by molar-refractivity contribution is 6.33. The second kappa shape index (κ2) is 6.20. The first kappa shape index (κ1) is 13.4. The van der Waals surface area contributed by atoms with Crippen LogP contribution in [0, 0.1) is 0 Å². The molecular formula is C14H13ClN2O2. The van der Waals surface area contributed by atoms with Crippen molar-refractivity contribution in [3.05, 3.63) is 58.9 Å². The number of hydrogen-bond acceptors (Lipinski definition) is 4. The molecule has 0 atom stereocenters. The Kier molecular flexibility index (Phi) is 4.36. The van der Waals surface area contributed by atoms with E-state index in [4.69, 9.17) is 11.6 Å². The molecule has 0 aliphatic heterocycles. The Labute approximate surface area is 116 Å². The normalized spacial score (nSPS) is 10.0. The number of benzene rings is 1. The zero-order chi connectivity index (χ0) is 13.7. The maximum absolute atomic E-state index is 11.3. The second-order valence-corrected chi connectivity index (χ2v) is 4.30. The number of nitrogens with zero attached hydrogens (tertiary/aromatic N) is 1. The van der Waals surface area contributed by atoms with Crippen LogP contribution in [-0.2, 0) is 11.3 Å². The van der Waals surface area contributed by atoms with E-state index in [0.29, 0.717) is 17.1 Å². The summed E-state index contributed by atoms with van der Waals surface area (Å²) < 4.78 is 4.64. The number of carbonyl (C=O) groups excluding carboxylic acids is 1. The predicted molar refractivity (Wildman–Crippen MR) is 74.4 cm³/mol. The molecule has 0 saturated heterocycles. The van der Waals surface area contributed by atoms with Crippen molar-refractivity contribution < 1.29 is 9.53 Å². The zero-order valence-electron chi connectivity index (χ0n) is 10.4. The third kappa shape index (κ3) is 3.45. The van der Waals surface area contributed by atoms with Crippen LogP contribution >= 0.6 is 11.6 Å². The van der Waals surface area contributed by atoms with Crippen molar-refractivity contribution >= 4 is 23.3 Å². The highest BCUT2D eigenvalue weighted by Crippen LogP contribution is 2.19. The van der Waals surface area contributed by atoms with Gasteiger partial charge in [-0.2, -0.15) is 0 Å². The molecule has 1 aromatic heterocycles. The van der Waals surface area contributed by atoms with E-state index in [9.17, 15) is 4.79 Å². The zero-order valence-corrected chi connectivity index (χ0v) is 11.1. The minimum absolute atomic E-state index is 0.338. The number of halogens is 1. The van der Waals surface area contributed by atoms with Gasteiger partial charge < -0.3 is 10.1 Å². The summed E-state index contributed by atoms with van der Waals surface area (Å²) in [4.78, 5) is 15.3. The SMILES string of the molecule is COC(=O)c1ccc(CNc2cnccc2Cl)cc1. The van der Waals surface area contributed by atoms with Crippen molar-refractivity contribution in [3.8, 4) is 0 Å². The fourth-order valence-electron chi connectivity index (χ4n) is 1.58. The Morgan fingerprint density at radius 1 is 1.32 bits per heavy atom. The molecule has 4 nitrogen and oxygen atoms in total. The first-order valence-corrected chi connectivity index (χ1v) is 6.09. The average Bonchev–Trinajstić information content (AvgIpc) is 2.46. The van der Waals surface area contributed by atoms with E-state index in [0.717, 1.165) is 11.3 Å². The van der Waals surface area contributed by atoms with Crippen LogP contribution in [0.1, 0.15) is 15.9 Å². The van der Waals surface area contributed by atoms with Crippen molar-refractivity contribution in [2.75, 3.05) is 12.4 Å². The number of methoxy groups -OCH3 is 1. The van der Waals surface area contributed by atoms with Crippen LogP contribution in [0.3, 0.4) is 0 Å². The number of carbonyl (C=O) groups is 1. The summed E-state index contributed by atoms with van der Waals surface area (Å²) in [5.74, 6) is -0.338. The first-order chi connectivity index (χ1) is 9.20. The van der Waals surface area contributed by atoms with Crippen LogP contribution < -0.4 is 5.32 Å². The van der Waals surface area contributed by atoms with E-state index in [1.165, 1.54) is 7.11 Å². The van der Waals surface area contributed by atoms with Crippen LogP contribution in [0.4, 0.5) is 5.69 Å². The molecule has 0 radical (unpaired) electrons. The number of rotatable bonds is 4. The van der Waals surface area contributed by atoms with E-state index in [1.807, 2.05) is 12.1 Å². The Hall–Kier alpha value is -2.07. The fourth-order valence-corrected chi connectivity index (χ4v) is 1.75. The fraction of sp³-hybridized carbons (Fsp3) is 0.143. The Bertz CT molecular complexity index is 570. The van der Waals surface area contributed by atoms with E-state index in [-0.39, 0.29) is 5.97 Å². The molecule has 0 spiro atoms. The molecule has 1 heterocycles. The van der Waals surface area contributed by atoms with Gasteiger partial charge in [0.05, 0.1) is 29.6 Å². The lowest BCUT2D eigenvalue weighted by molar-refractivity contribution is 0.0600. The van der Waals surface area contributed by atoms with E-state index >= 15 is 0 Å². The molecule has 0 saturated carbocycles. The molecule has 2 rings (SSSR count). The van der Waals surface area contributed by atoms with Crippen LogP contribution in [-0.4, -0.2) is 18.1 Å². The van der Waals surface area contributed by atoms with Gasteiger partial charge >= 0.3 is 5.97 Å². The average molecular weight is 277 g/mol. The maximum atomic E-state index is 11.3. The summed E-state index contributed by atoms with van der Waals surface area (Å²) >= 11 is 6.01. The smallest absolute Gasteiger partial charge is 0.337 e. The van der Waals surface area contributed by atoms with E-state index in [2.05, 4.69) is 15.0 Å². The Balaban J connectivity index is 2.01. The van der Waals surface area contributed by atoms with Crippen molar-refractivity contribution in [3.63, 3.8) is 0 Å². The summed E-state index contributed by atoms with van der Waals surface area (Å²) in [7, 11) is 1.36. The molecule has 2 aromatic rings. The van der Waals surface area contributed by atoms with Gasteiger partial charge in [-0.15, -0.1) is 0 Å². The number of ether oxygens (including phenoxy) is 1. The van der Waals surface area contributed by atoms with Gasteiger partial charge in [-0.25, -0.2) is 4.79 Å².